The smallest absolute Gasteiger partial charge is 0.323 e. The number of aliphatic imine (C=N–C) groups is 3. The third kappa shape index (κ3) is 1.86. The van der Waals surface area contributed by atoms with Crippen molar-refractivity contribution in [1.29, 1.82) is 0 Å². The maximum atomic E-state index is 11.9. The second-order valence-electron chi connectivity index (χ2n) is 3.66. The lowest BCUT2D eigenvalue weighted by molar-refractivity contribution is -0.146. The van der Waals surface area contributed by atoms with E-state index < -0.39 is 17.9 Å². The van der Waals surface area contributed by atoms with E-state index in [1.807, 2.05) is 0 Å². The lowest BCUT2D eigenvalue weighted by Gasteiger charge is -2.19. The molecule has 0 N–H and O–H groups in total. The SMILES string of the molecule is O=C(ON1C(=O)N=C2N=CN=C2C1=O)c1cccnc1. The number of aromatic nitrogens is 1. The Morgan fingerprint density at radius 2 is 2.15 bits per heavy atom. The Kier molecular flexibility index (Phi) is 2.64. The molecule has 0 bridgehead atoms. The first-order valence-electron chi connectivity index (χ1n) is 5.37. The number of urea groups is 1. The Hall–Kier alpha value is -3.23. The number of rotatable bonds is 2. The predicted molar refractivity (Wildman–Crippen MR) is 65.3 cm³/mol. The summed E-state index contributed by atoms with van der Waals surface area (Å²) in [7, 11) is 0. The Morgan fingerprint density at radius 3 is 2.90 bits per heavy atom. The Morgan fingerprint density at radius 1 is 1.30 bits per heavy atom. The second kappa shape index (κ2) is 4.46. The summed E-state index contributed by atoms with van der Waals surface area (Å²) in [4.78, 5) is 54.5. The number of hydrogen-bond donors (Lipinski definition) is 0. The molecule has 2 aliphatic heterocycles. The van der Waals surface area contributed by atoms with E-state index in [1.54, 1.807) is 0 Å². The third-order valence-electron chi connectivity index (χ3n) is 2.41. The first-order chi connectivity index (χ1) is 9.66. The van der Waals surface area contributed by atoms with Crippen molar-refractivity contribution in [2.75, 3.05) is 0 Å². The topological polar surface area (TPSA) is 114 Å². The van der Waals surface area contributed by atoms with Crippen LogP contribution in [-0.2, 0) is 9.63 Å². The Bertz CT molecular complexity index is 707. The maximum Gasteiger partial charge on any atom is 0.386 e. The molecule has 20 heavy (non-hydrogen) atoms. The fourth-order valence-corrected chi connectivity index (χ4v) is 1.51. The molecule has 9 nitrogen and oxygen atoms in total. The number of nitrogens with zero attached hydrogens (tertiary/aromatic N) is 5. The highest BCUT2D eigenvalue weighted by Gasteiger charge is 2.39. The van der Waals surface area contributed by atoms with Gasteiger partial charge in [-0.25, -0.2) is 19.6 Å². The minimum Gasteiger partial charge on any atom is -0.323 e. The molecule has 3 heterocycles. The molecule has 98 valence electrons. The monoisotopic (exact) mass is 271 g/mol. The van der Waals surface area contributed by atoms with Gasteiger partial charge in [0.05, 0.1) is 5.56 Å². The molecular weight excluding hydrogens is 266 g/mol. The molecular formula is C11H5N5O4. The summed E-state index contributed by atoms with van der Waals surface area (Å²) in [5.74, 6) is -1.89. The van der Waals surface area contributed by atoms with Gasteiger partial charge in [0.15, 0.2) is 11.5 Å². The predicted octanol–water partition coefficient (Wildman–Crippen LogP) is -0.00300. The first-order valence-corrected chi connectivity index (χ1v) is 5.37. The van der Waals surface area contributed by atoms with Gasteiger partial charge in [0.25, 0.3) is 0 Å². The van der Waals surface area contributed by atoms with Crippen molar-refractivity contribution in [3.8, 4) is 0 Å². The number of hydroxylamine groups is 2. The van der Waals surface area contributed by atoms with E-state index in [2.05, 4.69) is 20.0 Å². The van der Waals surface area contributed by atoms with E-state index in [1.165, 1.54) is 24.5 Å². The van der Waals surface area contributed by atoms with Crippen LogP contribution in [-0.4, -0.2) is 45.8 Å². The molecule has 2 aliphatic rings. The van der Waals surface area contributed by atoms with Crippen LogP contribution in [0.15, 0.2) is 39.5 Å². The molecule has 3 amide bonds. The number of amides is 3. The number of fused-ring (bicyclic) bond motifs is 1. The molecule has 9 heteroatoms. The lowest BCUT2D eigenvalue weighted by Crippen LogP contribution is -2.46. The molecule has 0 atom stereocenters. The minimum atomic E-state index is -1.04. The van der Waals surface area contributed by atoms with Gasteiger partial charge in [0.1, 0.15) is 6.34 Å². The number of imide groups is 1. The van der Waals surface area contributed by atoms with Crippen molar-refractivity contribution >= 4 is 35.8 Å². The molecule has 0 fully saturated rings. The molecule has 1 aromatic rings. The van der Waals surface area contributed by atoms with E-state index in [0.717, 1.165) is 6.34 Å². The standard InChI is InChI=1S/C11H5N5O4/c17-9-7-8(14-5-13-7)15-11(19)16(9)20-10(18)6-2-1-3-12-4-6/h1-5H. The van der Waals surface area contributed by atoms with Gasteiger partial charge in [-0.1, -0.05) is 5.06 Å². The van der Waals surface area contributed by atoms with E-state index in [4.69, 9.17) is 4.84 Å². The van der Waals surface area contributed by atoms with E-state index in [0.29, 0.717) is 0 Å². The summed E-state index contributed by atoms with van der Waals surface area (Å²) in [6.07, 6.45) is 3.80. The van der Waals surface area contributed by atoms with Crippen molar-refractivity contribution in [1.82, 2.24) is 10.0 Å². The summed E-state index contributed by atoms with van der Waals surface area (Å²) >= 11 is 0. The number of hydrogen-bond acceptors (Lipinski definition) is 7. The Labute approximate surface area is 111 Å². The van der Waals surface area contributed by atoms with Crippen LogP contribution < -0.4 is 0 Å². The van der Waals surface area contributed by atoms with Crippen LogP contribution in [0.3, 0.4) is 0 Å². The molecule has 0 unspecified atom stereocenters. The van der Waals surface area contributed by atoms with Crippen LogP contribution in [0.1, 0.15) is 10.4 Å². The number of pyridine rings is 1. The van der Waals surface area contributed by atoms with Gasteiger partial charge in [0.2, 0.25) is 0 Å². The highest BCUT2D eigenvalue weighted by molar-refractivity contribution is 6.71. The van der Waals surface area contributed by atoms with Crippen molar-refractivity contribution < 1.29 is 19.2 Å². The molecule has 0 spiro atoms. The zero-order valence-electron chi connectivity index (χ0n) is 9.76. The molecule has 0 saturated carbocycles. The normalized spacial score (nSPS) is 16.7. The van der Waals surface area contributed by atoms with Crippen molar-refractivity contribution in [3.63, 3.8) is 0 Å². The Balaban J connectivity index is 1.84. The minimum absolute atomic E-state index is 0.0892. The fourth-order valence-electron chi connectivity index (χ4n) is 1.51. The van der Waals surface area contributed by atoms with Crippen molar-refractivity contribution in [2.24, 2.45) is 15.0 Å². The summed E-state index contributed by atoms with van der Waals surface area (Å²) in [6, 6.07) is 1.90. The van der Waals surface area contributed by atoms with Gasteiger partial charge in [-0.3, -0.25) is 9.78 Å². The van der Waals surface area contributed by atoms with Gasteiger partial charge in [-0.2, -0.15) is 4.99 Å². The summed E-state index contributed by atoms with van der Waals surface area (Å²) in [5.41, 5.74) is -0.0592. The van der Waals surface area contributed by atoms with Gasteiger partial charge >= 0.3 is 17.9 Å². The molecule has 3 rings (SSSR count). The summed E-state index contributed by atoms with van der Waals surface area (Å²) < 4.78 is 0. The van der Waals surface area contributed by atoms with E-state index in [9.17, 15) is 14.4 Å². The van der Waals surface area contributed by atoms with Crippen LogP contribution in [0.5, 0.6) is 0 Å². The van der Waals surface area contributed by atoms with Gasteiger partial charge in [0, 0.05) is 12.4 Å². The van der Waals surface area contributed by atoms with Crippen molar-refractivity contribution in [3.05, 3.63) is 30.1 Å². The number of carbonyl (C=O) groups excluding carboxylic acids is 3. The van der Waals surface area contributed by atoms with Gasteiger partial charge in [-0.15, -0.1) is 0 Å². The summed E-state index contributed by atoms with van der Waals surface area (Å²) in [6.45, 7) is 0. The van der Waals surface area contributed by atoms with Crippen LogP contribution in [0.4, 0.5) is 4.79 Å². The van der Waals surface area contributed by atoms with E-state index >= 15 is 0 Å². The zero-order valence-corrected chi connectivity index (χ0v) is 9.76. The van der Waals surface area contributed by atoms with Crippen LogP contribution in [0, 0.1) is 0 Å². The van der Waals surface area contributed by atoms with Crippen LogP contribution >= 0.6 is 0 Å². The molecule has 0 aliphatic carbocycles. The number of amidine groups is 1. The highest BCUT2D eigenvalue weighted by atomic mass is 16.7. The first kappa shape index (κ1) is 11.8. The third-order valence-corrected chi connectivity index (χ3v) is 2.41. The van der Waals surface area contributed by atoms with Crippen molar-refractivity contribution in [2.45, 2.75) is 0 Å². The zero-order chi connectivity index (χ0) is 14.1. The maximum absolute atomic E-state index is 11.9. The highest BCUT2D eigenvalue weighted by Crippen LogP contribution is 2.12. The number of carbonyl (C=O) groups is 3. The van der Waals surface area contributed by atoms with Gasteiger partial charge < -0.3 is 4.84 Å². The largest absolute Gasteiger partial charge is 0.386 e. The second-order valence-corrected chi connectivity index (χ2v) is 3.66. The molecule has 1 aromatic heterocycles. The van der Waals surface area contributed by atoms with E-state index in [-0.39, 0.29) is 22.2 Å². The van der Waals surface area contributed by atoms with Crippen LogP contribution in [0.25, 0.3) is 0 Å². The summed E-state index contributed by atoms with van der Waals surface area (Å²) in [5, 5.41) is 0.242. The molecule has 0 aromatic carbocycles. The van der Waals surface area contributed by atoms with Crippen LogP contribution in [0.2, 0.25) is 0 Å². The van der Waals surface area contributed by atoms with Gasteiger partial charge in [-0.05, 0) is 12.1 Å². The average Bonchev–Trinajstić information content (AvgIpc) is 2.92. The average molecular weight is 271 g/mol. The molecule has 0 saturated heterocycles. The fraction of sp³-hybridized carbons (Fsp3) is 0. The lowest BCUT2D eigenvalue weighted by atomic mass is 10.3. The molecule has 0 radical (unpaired) electrons. The quantitative estimate of drug-likeness (QED) is 0.750.